The van der Waals surface area contributed by atoms with E-state index in [1.54, 1.807) is 12.1 Å². The van der Waals surface area contributed by atoms with E-state index < -0.39 is 0 Å². The predicted octanol–water partition coefficient (Wildman–Crippen LogP) is 4.78. The Bertz CT molecular complexity index is 611. The fourth-order valence-corrected chi connectivity index (χ4v) is 2.26. The average Bonchev–Trinajstić information content (AvgIpc) is 2.37. The smallest absolute Gasteiger partial charge is 0.124 e. The van der Waals surface area contributed by atoms with Crippen LogP contribution in [0.4, 0.5) is 8.78 Å². The van der Waals surface area contributed by atoms with Crippen molar-refractivity contribution >= 4 is 11.6 Å². The van der Waals surface area contributed by atoms with Gasteiger partial charge in [-0.1, -0.05) is 31.5 Å². The Hall–Kier alpha value is -1.45. The molecule has 1 nitrogen and oxygen atoms in total. The first-order chi connectivity index (χ1) is 9.47. The van der Waals surface area contributed by atoms with E-state index in [4.69, 9.17) is 11.6 Å². The second kappa shape index (κ2) is 6.33. The van der Waals surface area contributed by atoms with Crippen LogP contribution in [0.3, 0.4) is 0 Å². The highest BCUT2D eigenvalue weighted by molar-refractivity contribution is 6.33. The Morgan fingerprint density at radius 1 is 1.00 bits per heavy atom. The fourth-order valence-electron chi connectivity index (χ4n) is 1.99. The number of benzene rings is 2. The molecule has 0 aliphatic heterocycles. The number of rotatable bonds is 4. The van der Waals surface area contributed by atoms with Crippen molar-refractivity contribution in [1.29, 1.82) is 0 Å². The Kier molecular flexibility index (Phi) is 4.73. The standard InChI is InChI=1S/C16H16ClF2N/c1-10(2)20-9-11-7-12(18)3-5-14(11)15-6-4-13(19)8-16(15)17/h3-8,10,20H,9H2,1-2H3. The summed E-state index contributed by atoms with van der Waals surface area (Å²) in [5, 5.41) is 3.57. The third-order valence-corrected chi connectivity index (χ3v) is 3.30. The maximum absolute atomic E-state index is 13.4. The molecule has 4 heteroatoms. The van der Waals surface area contributed by atoms with E-state index in [2.05, 4.69) is 5.32 Å². The van der Waals surface area contributed by atoms with Crippen molar-refractivity contribution in [2.75, 3.05) is 0 Å². The zero-order valence-corrected chi connectivity index (χ0v) is 12.1. The zero-order valence-electron chi connectivity index (χ0n) is 11.4. The van der Waals surface area contributed by atoms with Gasteiger partial charge in [0.1, 0.15) is 11.6 Å². The molecule has 0 spiro atoms. The topological polar surface area (TPSA) is 12.0 Å². The first-order valence-corrected chi connectivity index (χ1v) is 6.82. The predicted molar refractivity (Wildman–Crippen MR) is 78.8 cm³/mol. The lowest BCUT2D eigenvalue weighted by Crippen LogP contribution is -2.22. The van der Waals surface area contributed by atoms with Crippen LogP contribution in [0.15, 0.2) is 36.4 Å². The monoisotopic (exact) mass is 295 g/mol. The maximum Gasteiger partial charge on any atom is 0.124 e. The van der Waals surface area contributed by atoms with Crippen LogP contribution in [-0.4, -0.2) is 6.04 Å². The summed E-state index contributed by atoms with van der Waals surface area (Å²) < 4.78 is 26.6. The number of hydrogen-bond donors (Lipinski definition) is 1. The summed E-state index contributed by atoms with van der Waals surface area (Å²) in [6, 6.07) is 9.05. The van der Waals surface area contributed by atoms with E-state index >= 15 is 0 Å². The van der Waals surface area contributed by atoms with Crippen molar-refractivity contribution in [1.82, 2.24) is 5.32 Å². The zero-order chi connectivity index (χ0) is 14.7. The molecule has 0 atom stereocenters. The SMILES string of the molecule is CC(C)NCc1cc(F)ccc1-c1ccc(F)cc1Cl. The molecule has 0 bridgehead atoms. The Morgan fingerprint density at radius 3 is 2.20 bits per heavy atom. The van der Waals surface area contributed by atoms with Gasteiger partial charge in [-0.05, 0) is 41.5 Å². The third-order valence-electron chi connectivity index (χ3n) is 2.99. The van der Waals surface area contributed by atoms with E-state index in [1.165, 1.54) is 24.3 Å². The van der Waals surface area contributed by atoms with Gasteiger partial charge < -0.3 is 5.32 Å². The van der Waals surface area contributed by atoms with Gasteiger partial charge in [-0.2, -0.15) is 0 Å². The largest absolute Gasteiger partial charge is 0.310 e. The van der Waals surface area contributed by atoms with Gasteiger partial charge in [-0.15, -0.1) is 0 Å². The molecule has 0 aliphatic carbocycles. The van der Waals surface area contributed by atoms with Crippen LogP contribution in [0.5, 0.6) is 0 Å². The van der Waals surface area contributed by atoms with Crippen LogP contribution < -0.4 is 5.32 Å². The summed E-state index contributed by atoms with van der Waals surface area (Å²) in [5.41, 5.74) is 2.31. The first-order valence-electron chi connectivity index (χ1n) is 6.44. The number of nitrogens with one attached hydrogen (secondary N) is 1. The Morgan fingerprint density at radius 2 is 1.60 bits per heavy atom. The third kappa shape index (κ3) is 3.56. The number of hydrogen-bond acceptors (Lipinski definition) is 1. The maximum atomic E-state index is 13.4. The van der Waals surface area contributed by atoms with Gasteiger partial charge in [0.25, 0.3) is 0 Å². The molecule has 0 unspecified atom stereocenters. The number of halogens is 3. The molecule has 20 heavy (non-hydrogen) atoms. The van der Waals surface area contributed by atoms with Crippen LogP contribution in [0.1, 0.15) is 19.4 Å². The molecule has 2 rings (SSSR count). The summed E-state index contributed by atoms with van der Waals surface area (Å²) in [5.74, 6) is -0.685. The van der Waals surface area contributed by atoms with Gasteiger partial charge in [0.05, 0.1) is 5.02 Å². The van der Waals surface area contributed by atoms with Crippen LogP contribution >= 0.6 is 11.6 Å². The van der Waals surface area contributed by atoms with Gasteiger partial charge in [0, 0.05) is 18.2 Å². The highest BCUT2D eigenvalue weighted by Gasteiger charge is 2.11. The van der Waals surface area contributed by atoms with Crippen molar-refractivity contribution in [3.05, 3.63) is 58.6 Å². The molecule has 0 heterocycles. The molecule has 1 N–H and O–H groups in total. The molecule has 2 aromatic carbocycles. The molecule has 0 saturated heterocycles. The molecule has 0 fully saturated rings. The molecule has 2 aromatic rings. The van der Waals surface area contributed by atoms with E-state index in [-0.39, 0.29) is 17.7 Å². The van der Waals surface area contributed by atoms with Gasteiger partial charge in [-0.3, -0.25) is 0 Å². The summed E-state index contributed by atoms with van der Waals surface area (Å²) in [4.78, 5) is 0. The second-order valence-electron chi connectivity index (χ2n) is 4.96. The molecule has 0 aromatic heterocycles. The Labute approximate surface area is 122 Å². The summed E-state index contributed by atoms with van der Waals surface area (Å²) in [7, 11) is 0. The summed E-state index contributed by atoms with van der Waals surface area (Å²) in [6.45, 7) is 4.56. The average molecular weight is 296 g/mol. The minimum absolute atomic E-state index is 0.287. The van der Waals surface area contributed by atoms with E-state index in [1.807, 2.05) is 13.8 Å². The molecule has 0 amide bonds. The van der Waals surface area contributed by atoms with Crippen molar-refractivity contribution in [2.45, 2.75) is 26.4 Å². The summed E-state index contributed by atoms with van der Waals surface area (Å²) in [6.07, 6.45) is 0. The molecule has 106 valence electrons. The summed E-state index contributed by atoms with van der Waals surface area (Å²) >= 11 is 6.08. The van der Waals surface area contributed by atoms with Gasteiger partial charge in [-0.25, -0.2) is 8.78 Å². The molecular weight excluding hydrogens is 280 g/mol. The molecule has 0 radical (unpaired) electrons. The molecule has 0 aliphatic rings. The van der Waals surface area contributed by atoms with Gasteiger partial charge >= 0.3 is 0 Å². The lowest BCUT2D eigenvalue weighted by atomic mass is 9.99. The lowest BCUT2D eigenvalue weighted by molar-refractivity contribution is 0.582. The first kappa shape index (κ1) is 14.9. The molecular formula is C16H16ClF2N. The van der Waals surface area contributed by atoms with Crippen molar-refractivity contribution < 1.29 is 8.78 Å². The van der Waals surface area contributed by atoms with E-state index in [0.29, 0.717) is 17.1 Å². The fraction of sp³-hybridized carbons (Fsp3) is 0.250. The van der Waals surface area contributed by atoms with Crippen molar-refractivity contribution in [2.24, 2.45) is 0 Å². The van der Waals surface area contributed by atoms with Crippen molar-refractivity contribution in [3.63, 3.8) is 0 Å². The van der Waals surface area contributed by atoms with Crippen LogP contribution in [0.25, 0.3) is 11.1 Å². The highest BCUT2D eigenvalue weighted by atomic mass is 35.5. The normalized spacial score (nSPS) is 11.1. The van der Waals surface area contributed by atoms with Gasteiger partial charge in [0.15, 0.2) is 0 Å². The van der Waals surface area contributed by atoms with Crippen LogP contribution in [-0.2, 0) is 6.54 Å². The quantitative estimate of drug-likeness (QED) is 0.855. The van der Waals surface area contributed by atoms with Gasteiger partial charge in [0.2, 0.25) is 0 Å². The second-order valence-corrected chi connectivity index (χ2v) is 5.37. The van der Waals surface area contributed by atoms with E-state index in [0.717, 1.165) is 11.1 Å². The minimum Gasteiger partial charge on any atom is -0.310 e. The minimum atomic E-state index is -0.386. The Balaban J connectivity index is 2.44. The van der Waals surface area contributed by atoms with E-state index in [9.17, 15) is 8.78 Å². The lowest BCUT2D eigenvalue weighted by Gasteiger charge is -2.14. The van der Waals surface area contributed by atoms with Crippen LogP contribution in [0, 0.1) is 11.6 Å². The molecule has 0 saturated carbocycles. The van der Waals surface area contributed by atoms with Crippen molar-refractivity contribution in [3.8, 4) is 11.1 Å². The van der Waals surface area contributed by atoms with Crippen LogP contribution in [0.2, 0.25) is 5.02 Å². The highest BCUT2D eigenvalue weighted by Crippen LogP contribution is 2.31.